The molecule has 1 heterocycles. The van der Waals surface area contributed by atoms with E-state index in [1.54, 1.807) is 0 Å². The number of nitrogens with zero attached hydrogens (tertiary/aromatic N) is 3. The van der Waals surface area contributed by atoms with E-state index in [4.69, 9.17) is 4.99 Å². The second-order valence-corrected chi connectivity index (χ2v) is 6.74. The maximum absolute atomic E-state index is 4.89. The maximum Gasteiger partial charge on any atom is 0.191 e. The van der Waals surface area contributed by atoms with Gasteiger partial charge in [-0.05, 0) is 37.8 Å². The standard InChI is InChI=1S/C20H29N5/c1-2-21-19(22-13-7-15-25-16-8-14-24-25)23-17-20(11-6-12-20)18-9-4-3-5-10-18/h3-5,8-10,14,16H,2,6-7,11-13,15,17H2,1H3,(H2,21,22,23). The van der Waals surface area contributed by atoms with Crippen LogP contribution in [0, 0.1) is 0 Å². The zero-order valence-electron chi connectivity index (χ0n) is 15.1. The highest BCUT2D eigenvalue weighted by atomic mass is 15.3. The summed E-state index contributed by atoms with van der Waals surface area (Å²) in [5.41, 5.74) is 1.66. The third kappa shape index (κ3) is 4.62. The molecule has 0 saturated heterocycles. The van der Waals surface area contributed by atoms with Gasteiger partial charge in [-0.15, -0.1) is 0 Å². The number of rotatable bonds is 8. The first-order valence-corrected chi connectivity index (χ1v) is 9.37. The van der Waals surface area contributed by atoms with Crippen molar-refractivity contribution in [3.05, 3.63) is 54.4 Å². The molecule has 0 radical (unpaired) electrons. The van der Waals surface area contributed by atoms with Gasteiger partial charge in [0.25, 0.3) is 0 Å². The Morgan fingerprint density at radius 1 is 1.20 bits per heavy atom. The van der Waals surface area contributed by atoms with Crippen molar-refractivity contribution < 1.29 is 0 Å². The van der Waals surface area contributed by atoms with Crippen molar-refractivity contribution in [3.8, 4) is 0 Å². The van der Waals surface area contributed by atoms with Crippen molar-refractivity contribution in [2.75, 3.05) is 19.6 Å². The van der Waals surface area contributed by atoms with Gasteiger partial charge in [-0.3, -0.25) is 9.67 Å². The molecule has 1 aromatic carbocycles. The van der Waals surface area contributed by atoms with Gasteiger partial charge >= 0.3 is 0 Å². The van der Waals surface area contributed by atoms with Crippen LogP contribution in [0.1, 0.15) is 38.2 Å². The summed E-state index contributed by atoms with van der Waals surface area (Å²) in [6.45, 7) is 5.66. The molecule has 1 aliphatic carbocycles. The third-order valence-corrected chi connectivity index (χ3v) is 5.00. The molecule has 0 amide bonds. The fourth-order valence-corrected chi connectivity index (χ4v) is 3.39. The molecule has 25 heavy (non-hydrogen) atoms. The molecule has 1 aliphatic rings. The number of hydrogen-bond donors (Lipinski definition) is 2. The Labute approximate surface area is 150 Å². The fourth-order valence-electron chi connectivity index (χ4n) is 3.39. The number of guanidine groups is 1. The minimum absolute atomic E-state index is 0.235. The number of benzene rings is 1. The van der Waals surface area contributed by atoms with E-state index in [1.807, 2.05) is 23.1 Å². The smallest absolute Gasteiger partial charge is 0.191 e. The molecular formula is C20H29N5. The van der Waals surface area contributed by atoms with E-state index in [1.165, 1.54) is 24.8 Å². The van der Waals surface area contributed by atoms with Crippen molar-refractivity contribution in [1.29, 1.82) is 0 Å². The molecule has 1 fully saturated rings. The SMILES string of the molecule is CCNC(=NCC1(c2ccccc2)CCC1)NCCCn1cccn1. The average molecular weight is 339 g/mol. The first-order valence-electron chi connectivity index (χ1n) is 9.37. The summed E-state index contributed by atoms with van der Waals surface area (Å²) in [6.07, 6.45) is 8.62. The predicted octanol–water partition coefficient (Wildman–Crippen LogP) is 2.95. The maximum atomic E-state index is 4.89. The van der Waals surface area contributed by atoms with Crippen LogP contribution in [-0.2, 0) is 12.0 Å². The molecule has 0 aliphatic heterocycles. The first kappa shape index (κ1) is 17.5. The van der Waals surface area contributed by atoms with Crippen LogP contribution in [0.15, 0.2) is 53.8 Å². The summed E-state index contributed by atoms with van der Waals surface area (Å²) in [7, 11) is 0. The van der Waals surface area contributed by atoms with Gasteiger partial charge in [-0.2, -0.15) is 5.10 Å². The molecule has 1 saturated carbocycles. The normalized spacial score (nSPS) is 16.3. The molecule has 0 spiro atoms. The lowest BCUT2D eigenvalue weighted by Gasteiger charge is -2.41. The molecule has 2 N–H and O–H groups in total. The molecule has 0 bridgehead atoms. The van der Waals surface area contributed by atoms with Crippen LogP contribution >= 0.6 is 0 Å². The lowest BCUT2D eigenvalue weighted by Crippen LogP contribution is -2.42. The van der Waals surface area contributed by atoms with Crippen molar-refractivity contribution in [2.24, 2.45) is 4.99 Å². The van der Waals surface area contributed by atoms with E-state index in [9.17, 15) is 0 Å². The number of nitrogens with one attached hydrogen (secondary N) is 2. The summed E-state index contributed by atoms with van der Waals surface area (Å²) in [5.74, 6) is 0.921. The molecule has 3 rings (SSSR count). The van der Waals surface area contributed by atoms with E-state index in [0.29, 0.717) is 0 Å². The summed E-state index contributed by atoms with van der Waals surface area (Å²) in [6, 6.07) is 12.8. The highest BCUT2D eigenvalue weighted by Gasteiger charge is 2.38. The molecule has 1 aromatic heterocycles. The van der Waals surface area contributed by atoms with Crippen molar-refractivity contribution in [3.63, 3.8) is 0 Å². The summed E-state index contributed by atoms with van der Waals surface area (Å²) < 4.78 is 1.96. The molecule has 0 atom stereocenters. The average Bonchev–Trinajstić information content (AvgIpc) is 3.12. The lowest BCUT2D eigenvalue weighted by molar-refractivity contribution is 0.253. The highest BCUT2D eigenvalue weighted by Crippen LogP contribution is 2.43. The zero-order chi connectivity index (χ0) is 17.4. The van der Waals surface area contributed by atoms with Crippen molar-refractivity contribution in [2.45, 2.75) is 44.6 Å². The molecule has 0 unspecified atom stereocenters. The largest absolute Gasteiger partial charge is 0.357 e. The minimum atomic E-state index is 0.235. The van der Waals surface area contributed by atoms with Crippen LogP contribution in [0.2, 0.25) is 0 Å². The summed E-state index contributed by atoms with van der Waals surface area (Å²) in [4.78, 5) is 4.89. The zero-order valence-corrected chi connectivity index (χ0v) is 15.1. The Morgan fingerprint density at radius 3 is 2.68 bits per heavy atom. The minimum Gasteiger partial charge on any atom is -0.357 e. The van der Waals surface area contributed by atoms with Gasteiger partial charge in [0.15, 0.2) is 5.96 Å². The van der Waals surface area contributed by atoms with Crippen LogP contribution in [0.5, 0.6) is 0 Å². The van der Waals surface area contributed by atoms with Crippen LogP contribution in [0.4, 0.5) is 0 Å². The van der Waals surface area contributed by atoms with Gasteiger partial charge in [0.2, 0.25) is 0 Å². The van der Waals surface area contributed by atoms with Gasteiger partial charge in [-0.25, -0.2) is 0 Å². The van der Waals surface area contributed by atoms with Gasteiger partial charge in [0.1, 0.15) is 0 Å². The number of hydrogen-bond acceptors (Lipinski definition) is 2. The Bertz CT molecular complexity index is 644. The van der Waals surface area contributed by atoms with Crippen LogP contribution < -0.4 is 10.6 Å². The van der Waals surface area contributed by atoms with Crippen LogP contribution in [0.3, 0.4) is 0 Å². The molecule has 2 aromatic rings. The third-order valence-electron chi connectivity index (χ3n) is 5.00. The van der Waals surface area contributed by atoms with E-state index >= 15 is 0 Å². The van der Waals surface area contributed by atoms with Gasteiger partial charge in [-0.1, -0.05) is 36.8 Å². The Kier molecular flexibility index (Phi) is 6.09. The second-order valence-electron chi connectivity index (χ2n) is 6.74. The topological polar surface area (TPSA) is 54.2 Å². The highest BCUT2D eigenvalue weighted by molar-refractivity contribution is 5.79. The van der Waals surface area contributed by atoms with Crippen LogP contribution in [0.25, 0.3) is 0 Å². The van der Waals surface area contributed by atoms with E-state index in [2.05, 4.69) is 53.0 Å². The quantitative estimate of drug-likeness (QED) is 0.442. The summed E-state index contributed by atoms with van der Waals surface area (Å²) >= 11 is 0. The van der Waals surface area contributed by atoms with Crippen LogP contribution in [-0.4, -0.2) is 35.4 Å². The van der Waals surface area contributed by atoms with Crippen molar-refractivity contribution in [1.82, 2.24) is 20.4 Å². The number of aromatic nitrogens is 2. The van der Waals surface area contributed by atoms with Gasteiger partial charge in [0, 0.05) is 37.4 Å². The Hall–Kier alpha value is -2.30. The summed E-state index contributed by atoms with van der Waals surface area (Å²) in [5, 5.41) is 11.1. The monoisotopic (exact) mass is 339 g/mol. The molecule has 5 heteroatoms. The second kappa shape index (κ2) is 8.70. The first-order chi connectivity index (χ1) is 12.3. The van der Waals surface area contributed by atoms with E-state index < -0.39 is 0 Å². The molecule has 5 nitrogen and oxygen atoms in total. The molecular weight excluding hydrogens is 310 g/mol. The Morgan fingerprint density at radius 2 is 2.04 bits per heavy atom. The Balaban J connectivity index is 1.54. The van der Waals surface area contributed by atoms with Crippen molar-refractivity contribution >= 4 is 5.96 Å². The van der Waals surface area contributed by atoms with Gasteiger partial charge < -0.3 is 10.6 Å². The van der Waals surface area contributed by atoms with E-state index in [-0.39, 0.29) is 5.41 Å². The molecule has 134 valence electrons. The lowest BCUT2D eigenvalue weighted by atomic mass is 9.64. The van der Waals surface area contributed by atoms with E-state index in [0.717, 1.165) is 38.6 Å². The predicted molar refractivity (Wildman–Crippen MR) is 103 cm³/mol. The number of aliphatic imine (C=N–C) groups is 1. The number of aryl methyl sites for hydroxylation is 1. The van der Waals surface area contributed by atoms with Gasteiger partial charge in [0.05, 0.1) is 6.54 Å². The fraction of sp³-hybridized carbons (Fsp3) is 0.500.